The van der Waals surface area contributed by atoms with Gasteiger partial charge in [-0.1, -0.05) is 44.4 Å². The maximum Gasteiger partial charge on any atom is 0.387 e. The van der Waals surface area contributed by atoms with E-state index in [1.807, 2.05) is 0 Å². The van der Waals surface area contributed by atoms with E-state index in [1.165, 1.54) is 6.08 Å². The van der Waals surface area contributed by atoms with Crippen LogP contribution in [0.2, 0.25) is 0 Å². The average Bonchev–Trinajstić information content (AvgIpc) is 2.20. The minimum atomic E-state index is -4.54. The quantitative estimate of drug-likeness (QED) is 0.236. The van der Waals surface area contributed by atoms with Gasteiger partial charge in [-0.25, -0.2) is 0 Å². The molecule has 0 radical (unpaired) electrons. The van der Waals surface area contributed by atoms with Gasteiger partial charge in [-0.3, -0.25) is 0 Å². The molecule has 0 saturated heterocycles. The molecule has 0 heterocycles. The van der Waals surface area contributed by atoms with Crippen LogP contribution in [0.15, 0.2) is 24.3 Å². The lowest BCUT2D eigenvalue weighted by atomic mass is 10.1. The molecule has 0 spiro atoms. The molecule has 0 rings (SSSR count). The van der Waals surface area contributed by atoms with Gasteiger partial charge in [0.05, 0.1) is 0 Å². The van der Waals surface area contributed by atoms with E-state index in [0.717, 1.165) is 38.2 Å². The highest BCUT2D eigenvalue weighted by Crippen LogP contribution is 2.38. The van der Waals surface area contributed by atoms with Gasteiger partial charge in [0.15, 0.2) is 0 Å². The minimum absolute atomic E-state index is 0.114. The van der Waals surface area contributed by atoms with Crippen molar-refractivity contribution in [2.45, 2.75) is 50.3 Å². The molecule has 0 aromatic heterocycles. The predicted octanol–water partition coefficient (Wildman–Crippen LogP) is 5.54. The van der Waals surface area contributed by atoms with Gasteiger partial charge in [0.1, 0.15) is 0 Å². The van der Waals surface area contributed by atoms with Crippen LogP contribution in [0, 0.1) is 0 Å². The summed E-state index contributed by atoms with van der Waals surface area (Å²) in [7, 11) is 0. The van der Waals surface area contributed by atoms with Gasteiger partial charge in [0.2, 0.25) is 0 Å². The molecule has 0 saturated carbocycles. The highest BCUT2D eigenvalue weighted by Gasteiger charge is 2.52. The third-order valence-corrected chi connectivity index (χ3v) is 2.41. The molecule has 0 aromatic rings. The summed E-state index contributed by atoms with van der Waals surface area (Å²) in [6.45, 7) is 2.09. The number of unbranched alkanes of at least 4 members (excludes halogenated alkanes) is 4. The summed E-state index contributed by atoms with van der Waals surface area (Å²) in [6.07, 6.45) is 9.10. The highest BCUT2D eigenvalue weighted by molar-refractivity contribution is 6.22. The molecular weight excluding hydrogens is 256 g/mol. The molecule has 0 bridgehead atoms. The molecule has 0 unspecified atom stereocenters. The topological polar surface area (TPSA) is 0 Å². The molecule has 0 N–H and O–H groups in total. The summed E-state index contributed by atoms with van der Waals surface area (Å²) in [5.41, 5.74) is 0. The van der Waals surface area contributed by atoms with Gasteiger partial charge in [-0.15, -0.1) is 0 Å². The maximum absolute atomic E-state index is 12.6. The van der Waals surface area contributed by atoms with Crippen molar-refractivity contribution >= 4 is 11.6 Å². The van der Waals surface area contributed by atoms with Gasteiger partial charge in [0.25, 0.3) is 0 Å². The molecule has 0 atom stereocenters. The summed E-state index contributed by atoms with van der Waals surface area (Å²) >= 11 is 4.26. The lowest BCUT2D eigenvalue weighted by Gasteiger charge is -2.16. The summed E-state index contributed by atoms with van der Waals surface area (Å²) in [4.78, 5) is 0. The van der Waals surface area contributed by atoms with Gasteiger partial charge in [-0.2, -0.15) is 17.6 Å². The van der Waals surface area contributed by atoms with Crippen molar-refractivity contribution in [1.29, 1.82) is 0 Å². The monoisotopic (exact) mass is 272 g/mol. The first-order valence-electron chi connectivity index (χ1n) is 5.60. The Hall–Kier alpha value is -0.510. The zero-order valence-corrected chi connectivity index (χ0v) is 10.5. The van der Waals surface area contributed by atoms with Crippen molar-refractivity contribution in [2.75, 3.05) is 0 Å². The third-order valence-electron chi connectivity index (χ3n) is 2.16. The lowest BCUT2D eigenvalue weighted by Crippen LogP contribution is -2.32. The summed E-state index contributed by atoms with van der Waals surface area (Å²) < 4.78 is 49.5. The SMILES string of the molecule is CCCCCC/C=C/C=C/C(F)(F)C(F)(F)Cl. The van der Waals surface area contributed by atoms with Crippen molar-refractivity contribution in [2.24, 2.45) is 0 Å². The molecule has 0 aromatic carbocycles. The van der Waals surface area contributed by atoms with E-state index in [9.17, 15) is 17.6 Å². The Morgan fingerprint density at radius 1 is 1.00 bits per heavy atom. The zero-order valence-electron chi connectivity index (χ0n) is 9.73. The minimum Gasteiger partial charge on any atom is -0.193 e. The predicted molar refractivity (Wildman–Crippen MR) is 62.8 cm³/mol. The fraction of sp³-hybridized carbons (Fsp3) is 0.667. The maximum atomic E-state index is 12.6. The van der Waals surface area contributed by atoms with Crippen LogP contribution in [0.5, 0.6) is 0 Å². The number of allylic oxidation sites excluding steroid dienone is 4. The number of alkyl halides is 5. The van der Waals surface area contributed by atoms with E-state index in [2.05, 4.69) is 18.5 Å². The van der Waals surface area contributed by atoms with Crippen LogP contribution in [0.4, 0.5) is 17.6 Å². The first kappa shape index (κ1) is 16.5. The first-order valence-corrected chi connectivity index (χ1v) is 5.98. The molecule has 0 fully saturated rings. The molecule has 0 aliphatic rings. The van der Waals surface area contributed by atoms with Crippen LogP contribution in [-0.2, 0) is 0 Å². The Bertz CT molecular complexity index is 254. The molecule has 17 heavy (non-hydrogen) atoms. The second-order valence-corrected chi connectivity index (χ2v) is 4.23. The van der Waals surface area contributed by atoms with Crippen LogP contribution >= 0.6 is 11.6 Å². The summed E-state index contributed by atoms with van der Waals surface area (Å²) in [5, 5.41) is -4.54. The number of rotatable bonds is 8. The van der Waals surface area contributed by atoms with E-state index in [1.54, 1.807) is 6.08 Å². The van der Waals surface area contributed by atoms with Crippen molar-refractivity contribution in [1.82, 2.24) is 0 Å². The molecule has 0 nitrogen and oxygen atoms in total. The number of halogens is 5. The van der Waals surface area contributed by atoms with Crippen LogP contribution in [0.3, 0.4) is 0 Å². The normalized spacial score (nSPS) is 14.0. The third kappa shape index (κ3) is 7.42. The van der Waals surface area contributed by atoms with Gasteiger partial charge in [0, 0.05) is 0 Å². The lowest BCUT2D eigenvalue weighted by molar-refractivity contribution is -0.122. The second-order valence-electron chi connectivity index (χ2n) is 3.76. The summed E-state index contributed by atoms with van der Waals surface area (Å²) in [5.74, 6) is -4.32. The van der Waals surface area contributed by atoms with E-state index >= 15 is 0 Å². The molecule has 0 amide bonds. The molecule has 100 valence electrons. The fourth-order valence-corrected chi connectivity index (χ4v) is 1.20. The second kappa shape index (κ2) is 7.75. The number of hydrogen-bond acceptors (Lipinski definition) is 0. The standard InChI is InChI=1S/C12H17ClF4/c1-2-3-4-5-6-7-8-9-10-11(14,15)12(13,16)17/h7-10H,2-6H2,1H3/b8-7+,10-9+. The van der Waals surface area contributed by atoms with E-state index < -0.39 is 11.3 Å². The Morgan fingerprint density at radius 2 is 1.65 bits per heavy atom. The first-order chi connectivity index (χ1) is 7.81. The smallest absolute Gasteiger partial charge is 0.193 e. The fourth-order valence-electron chi connectivity index (χ4n) is 1.13. The Kier molecular flexibility index (Phi) is 7.51. The summed E-state index contributed by atoms with van der Waals surface area (Å²) in [6, 6.07) is 0. The molecular formula is C12H17ClF4. The Balaban J connectivity index is 3.90. The highest BCUT2D eigenvalue weighted by atomic mass is 35.5. The largest absolute Gasteiger partial charge is 0.387 e. The van der Waals surface area contributed by atoms with Crippen molar-refractivity contribution in [3.63, 3.8) is 0 Å². The van der Waals surface area contributed by atoms with E-state index in [-0.39, 0.29) is 6.08 Å². The van der Waals surface area contributed by atoms with Gasteiger partial charge < -0.3 is 0 Å². The van der Waals surface area contributed by atoms with Crippen molar-refractivity contribution < 1.29 is 17.6 Å². The zero-order chi connectivity index (χ0) is 13.4. The van der Waals surface area contributed by atoms with Crippen LogP contribution in [0.25, 0.3) is 0 Å². The van der Waals surface area contributed by atoms with Crippen LogP contribution < -0.4 is 0 Å². The van der Waals surface area contributed by atoms with Crippen molar-refractivity contribution in [3.05, 3.63) is 24.3 Å². The average molecular weight is 273 g/mol. The van der Waals surface area contributed by atoms with E-state index in [4.69, 9.17) is 0 Å². The molecule has 5 heteroatoms. The van der Waals surface area contributed by atoms with Gasteiger partial charge >= 0.3 is 11.3 Å². The van der Waals surface area contributed by atoms with Crippen LogP contribution in [-0.4, -0.2) is 11.3 Å². The van der Waals surface area contributed by atoms with Crippen molar-refractivity contribution in [3.8, 4) is 0 Å². The Labute approximate surface area is 104 Å². The van der Waals surface area contributed by atoms with Crippen LogP contribution in [0.1, 0.15) is 39.0 Å². The molecule has 0 aliphatic heterocycles. The van der Waals surface area contributed by atoms with Gasteiger partial charge in [-0.05, 0) is 30.5 Å². The Morgan fingerprint density at radius 3 is 2.18 bits per heavy atom. The number of hydrogen-bond donors (Lipinski definition) is 0. The molecule has 0 aliphatic carbocycles. The van der Waals surface area contributed by atoms with E-state index in [0.29, 0.717) is 0 Å².